The summed E-state index contributed by atoms with van der Waals surface area (Å²) in [5.74, 6) is -3.62. The lowest BCUT2D eigenvalue weighted by molar-refractivity contribution is 0.179. The third kappa shape index (κ3) is 2.13. The Morgan fingerprint density at radius 1 is 1.31 bits per heavy atom. The van der Waals surface area contributed by atoms with Crippen LogP contribution in [0.15, 0.2) is 6.07 Å². The zero-order chi connectivity index (χ0) is 11.8. The summed E-state index contributed by atoms with van der Waals surface area (Å²) in [6, 6.07) is 0.508. The second-order valence-electron chi connectivity index (χ2n) is 4.61. The van der Waals surface area contributed by atoms with Gasteiger partial charge in [-0.3, -0.25) is 0 Å². The molecule has 2 nitrogen and oxygen atoms in total. The lowest BCUT2D eigenvalue weighted by Gasteiger charge is -2.38. The molecule has 1 heterocycles. The van der Waals surface area contributed by atoms with Crippen LogP contribution in [0, 0.1) is 23.0 Å². The second kappa shape index (κ2) is 3.96. The van der Waals surface area contributed by atoms with Crippen LogP contribution in [-0.4, -0.2) is 11.5 Å². The summed E-state index contributed by atoms with van der Waals surface area (Å²) in [5.41, 5.74) is 0.124. The molecular formula is C11H13F3N2. The lowest BCUT2D eigenvalue weighted by atomic mass is 9.70. The van der Waals surface area contributed by atoms with E-state index in [4.69, 9.17) is 0 Å². The van der Waals surface area contributed by atoms with E-state index in [-0.39, 0.29) is 11.2 Å². The van der Waals surface area contributed by atoms with Crippen molar-refractivity contribution in [2.24, 2.45) is 5.41 Å². The van der Waals surface area contributed by atoms with Crippen molar-refractivity contribution in [3.63, 3.8) is 0 Å². The maximum absolute atomic E-state index is 13.2. The van der Waals surface area contributed by atoms with Crippen LogP contribution < -0.4 is 5.32 Å². The average molecular weight is 230 g/mol. The van der Waals surface area contributed by atoms with Gasteiger partial charge in [-0.1, -0.05) is 13.3 Å². The van der Waals surface area contributed by atoms with Gasteiger partial charge in [0.1, 0.15) is 0 Å². The average Bonchev–Trinajstić information content (AvgIpc) is 2.19. The Bertz CT molecular complexity index is 402. The fourth-order valence-corrected chi connectivity index (χ4v) is 1.82. The van der Waals surface area contributed by atoms with E-state index in [0.29, 0.717) is 12.6 Å². The summed E-state index contributed by atoms with van der Waals surface area (Å²) in [6.45, 7) is 2.60. The number of aromatic nitrogens is 1. The number of rotatable bonds is 3. The van der Waals surface area contributed by atoms with Gasteiger partial charge in [-0.25, -0.2) is 8.78 Å². The van der Waals surface area contributed by atoms with E-state index in [2.05, 4.69) is 17.2 Å². The first-order chi connectivity index (χ1) is 7.50. The van der Waals surface area contributed by atoms with Crippen LogP contribution >= 0.6 is 0 Å². The van der Waals surface area contributed by atoms with Crippen molar-refractivity contribution in [1.29, 1.82) is 0 Å². The SMILES string of the molecule is CC1(CNc2nc(F)c(F)cc2F)CCC1. The number of hydrogen-bond donors (Lipinski definition) is 1. The molecule has 16 heavy (non-hydrogen) atoms. The highest BCUT2D eigenvalue weighted by molar-refractivity contribution is 5.36. The van der Waals surface area contributed by atoms with Crippen LogP contribution in [0.2, 0.25) is 0 Å². The third-order valence-electron chi connectivity index (χ3n) is 3.13. The minimum Gasteiger partial charge on any atom is -0.367 e. The first-order valence-electron chi connectivity index (χ1n) is 5.26. The van der Waals surface area contributed by atoms with Gasteiger partial charge in [0, 0.05) is 12.6 Å². The summed E-state index contributed by atoms with van der Waals surface area (Å²) >= 11 is 0. The number of nitrogens with one attached hydrogen (secondary N) is 1. The molecule has 1 aromatic heterocycles. The van der Waals surface area contributed by atoms with Gasteiger partial charge in [0.05, 0.1) is 0 Å². The first-order valence-corrected chi connectivity index (χ1v) is 5.26. The van der Waals surface area contributed by atoms with Crippen LogP contribution in [-0.2, 0) is 0 Å². The van der Waals surface area contributed by atoms with Crippen LogP contribution in [0.4, 0.5) is 19.0 Å². The highest BCUT2D eigenvalue weighted by atomic mass is 19.2. The first kappa shape index (κ1) is 11.2. The fourth-order valence-electron chi connectivity index (χ4n) is 1.82. The van der Waals surface area contributed by atoms with E-state index in [1.807, 2.05) is 0 Å². The van der Waals surface area contributed by atoms with Gasteiger partial charge in [0.2, 0.25) is 0 Å². The predicted octanol–water partition coefficient (Wildman–Crippen LogP) is 3.10. The van der Waals surface area contributed by atoms with Gasteiger partial charge in [0.15, 0.2) is 17.5 Å². The van der Waals surface area contributed by atoms with E-state index in [9.17, 15) is 13.2 Å². The van der Waals surface area contributed by atoms with Crippen LogP contribution in [0.3, 0.4) is 0 Å². The smallest absolute Gasteiger partial charge is 0.251 e. The highest BCUT2D eigenvalue weighted by Crippen LogP contribution is 2.40. The molecule has 0 radical (unpaired) electrons. The molecular weight excluding hydrogens is 217 g/mol. The number of pyridine rings is 1. The largest absolute Gasteiger partial charge is 0.367 e. The van der Waals surface area contributed by atoms with Gasteiger partial charge in [-0.15, -0.1) is 0 Å². The molecule has 0 saturated heterocycles. The topological polar surface area (TPSA) is 24.9 Å². The molecule has 0 atom stereocenters. The molecule has 1 aliphatic rings. The molecule has 1 fully saturated rings. The Morgan fingerprint density at radius 3 is 2.56 bits per heavy atom. The number of halogens is 3. The minimum absolute atomic E-state index is 0.124. The normalized spacial score (nSPS) is 18.0. The molecule has 0 aliphatic heterocycles. The Labute approximate surface area is 91.9 Å². The zero-order valence-electron chi connectivity index (χ0n) is 8.99. The summed E-state index contributed by atoms with van der Waals surface area (Å²) in [7, 11) is 0. The van der Waals surface area contributed by atoms with Gasteiger partial charge < -0.3 is 5.32 Å². The molecule has 2 rings (SSSR count). The predicted molar refractivity (Wildman–Crippen MR) is 54.6 cm³/mol. The number of anilines is 1. The summed E-state index contributed by atoms with van der Waals surface area (Å²) in [6.07, 6.45) is 3.28. The molecule has 0 amide bonds. The standard InChI is InChI=1S/C11H13F3N2/c1-11(3-2-4-11)6-15-10-8(13)5-7(12)9(14)16-10/h5H,2-4,6H2,1H3,(H,15,16). The van der Waals surface area contributed by atoms with E-state index in [1.54, 1.807) is 0 Å². The lowest BCUT2D eigenvalue weighted by Crippen LogP contribution is -2.33. The van der Waals surface area contributed by atoms with Crippen molar-refractivity contribution >= 4 is 5.82 Å². The zero-order valence-corrected chi connectivity index (χ0v) is 8.99. The molecule has 0 unspecified atom stereocenters. The Morgan fingerprint density at radius 2 is 2.00 bits per heavy atom. The van der Waals surface area contributed by atoms with Crippen molar-refractivity contribution in [3.8, 4) is 0 Å². The van der Waals surface area contributed by atoms with Crippen molar-refractivity contribution in [2.75, 3.05) is 11.9 Å². The fraction of sp³-hybridized carbons (Fsp3) is 0.545. The molecule has 0 bridgehead atoms. The van der Waals surface area contributed by atoms with Crippen LogP contribution in [0.5, 0.6) is 0 Å². The monoisotopic (exact) mass is 230 g/mol. The van der Waals surface area contributed by atoms with E-state index >= 15 is 0 Å². The Kier molecular flexibility index (Phi) is 2.78. The van der Waals surface area contributed by atoms with Gasteiger partial charge >= 0.3 is 0 Å². The van der Waals surface area contributed by atoms with Gasteiger partial charge in [-0.2, -0.15) is 9.37 Å². The summed E-state index contributed by atoms with van der Waals surface area (Å²) < 4.78 is 38.6. The quantitative estimate of drug-likeness (QED) is 0.807. The van der Waals surface area contributed by atoms with Gasteiger partial charge in [-0.05, 0) is 18.3 Å². The van der Waals surface area contributed by atoms with Crippen molar-refractivity contribution in [2.45, 2.75) is 26.2 Å². The summed E-state index contributed by atoms with van der Waals surface area (Å²) in [5, 5.41) is 2.73. The summed E-state index contributed by atoms with van der Waals surface area (Å²) in [4.78, 5) is 3.21. The highest BCUT2D eigenvalue weighted by Gasteiger charge is 2.31. The molecule has 1 saturated carbocycles. The Hall–Kier alpha value is -1.26. The van der Waals surface area contributed by atoms with E-state index in [0.717, 1.165) is 19.3 Å². The molecule has 1 aliphatic carbocycles. The van der Waals surface area contributed by atoms with Gasteiger partial charge in [0.25, 0.3) is 5.95 Å². The van der Waals surface area contributed by atoms with E-state index in [1.165, 1.54) is 0 Å². The van der Waals surface area contributed by atoms with Crippen molar-refractivity contribution < 1.29 is 13.2 Å². The van der Waals surface area contributed by atoms with Crippen LogP contribution in [0.25, 0.3) is 0 Å². The molecule has 1 aromatic rings. The van der Waals surface area contributed by atoms with Crippen LogP contribution in [0.1, 0.15) is 26.2 Å². The number of nitrogens with zero attached hydrogens (tertiary/aromatic N) is 1. The molecule has 5 heteroatoms. The van der Waals surface area contributed by atoms with E-state index < -0.39 is 17.6 Å². The second-order valence-corrected chi connectivity index (χ2v) is 4.61. The van der Waals surface area contributed by atoms with Crippen molar-refractivity contribution in [3.05, 3.63) is 23.6 Å². The Balaban J connectivity index is 2.06. The molecule has 1 N–H and O–H groups in total. The maximum atomic E-state index is 13.2. The van der Waals surface area contributed by atoms with Crippen molar-refractivity contribution in [1.82, 2.24) is 4.98 Å². The molecule has 0 aromatic carbocycles. The number of hydrogen-bond acceptors (Lipinski definition) is 2. The molecule has 0 spiro atoms. The minimum atomic E-state index is -1.28. The molecule has 88 valence electrons. The maximum Gasteiger partial charge on any atom is 0.251 e. The third-order valence-corrected chi connectivity index (χ3v) is 3.13.